The number of nitrogens with two attached hydrogens (primary N) is 1. The molecule has 2 unspecified atom stereocenters. The van der Waals surface area contributed by atoms with E-state index < -0.39 is 70.4 Å². The fraction of sp³-hybridized carbons (Fsp3) is 0.556. The van der Waals surface area contributed by atoms with Crippen molar-refractivity contribution in [3.8, 4) is 5.75 Å². The predicted molar refractivity (Wildman–Crippen MR) is 139 cm³/mol. The number of nitrogens with one attached hydrogen (secondary N) is 1. The summed E-state index contributed by atoms with van der Waals surface area (Å²) in [5, 5.41) is 59.9. The lowest BCUT2D eigenvalue weighted by atomic mass is 9.53. The molecule has 1 aliphatic heterocycles. The number of likely N-dealkylation sites (N-methyl/N-ethyl adjacent to an activating group) is 1. The first-order valence-corrected chi connectivity index (χ1v) is 13.0. The van der Waals surface area contributed by atoms with Crippen LogP contribution in [-0.2, 0) is 14.4 Å². The number of phenolic OH excluding ortho intramolecular Hbond substituents is 1. The third-order valence-electron chi connectivity index (χ3n) is 8.90. The molecule has 5 rings (SSSR count). The Morgan fingerprint density at radius 2 is 1.77 bits per heavy atom. The van der Waals surface area contributed by atoms with Crippen LogP contribution in [0.3, 0.4) is 0 Å². The molecule has 1 aromatic rings. The number of ketones is 2. The number of phenols is 1. The van der Waals surface area contributed by atoms with E-state index in [1.54, 1.807) is 12.1 Å². The molecule has 0 bridgehead atoms. The van der Waals surface area contributed by atoms with Crippen molar-refractivity contribution in [2.45, 2.75) is 42.7 Å². The van der Waals surface area contributed by atoms with Crippen LogP contribution in [-0.4, -0.2) is 117 Å². The van der Waals surface area contributed by atoms with Crippen LogP contribution in [0.15, 0.2) is 17.7 Å². The number of piperidine rings is 1. The van der Waals surface area contributed by atoms with Crippen molar-refractivity contribution in [2.75, 3.05) is 39.5 Å². The van der Waals surface area contributed by atoms with Gasteiger partial charge in [0.1, 0.15) is 17.4 Å². The van der Waals surface area contributed by atoms with Crippen LogP contribution >= 0.6 is 0 Å². The number of aromatic hydroxyl groups is 1. The van der Waals surface area contributed by atoms with Gasteiger partial charge >= 0.3 is 0 Å². The highest BCUT2D eigenvalue weighted by atomic mass is 16.3. The normalized spacial score (nSPS) is 35.5. The number of aliphatic hydroxyl groups excluding tert-OH is 3. The highest BCUT2D eigenvalue weighted by Gasteiger charge is 2.70. The minimum Gasteiger partial charge on any atom is -0.507 e. The minimum absolute atomic E-state index is 0.0688. The van der Waals surface area contributed by atoms with Gasteiger partial charge in [-0.25, -0.2) is 0 Å². The number of carbonyl (C=O) groups is 3. The van der Waals surface area contributed by atoms with Gasteiger partial charge in [-0.1, -0.05) is 6.07 Å². The van der Waals surface area contributed by atoms with Gasteiger partial charge in [-0.3, -0.25) is 14.4 Å². The molecule has 1 aromatic carbocycles. The van der Waals surface area contributed by atoms with Crippen molar-refractivity contribution >= 4 is 28.9 Å². The molecule has 4 aliphatic rings. The minimum atomic E-state index is -2.95. The highest BCUT2D eigenvalue weighted by Crippen LogP contribution is 2.53. The molecule has 211 valence electrons. The van der Waals surface area contributed by atoms with Crippen LogP contribution < -0.4 is 11.1 Å². The second-order valence-corrected chi connectivity index (χ2v) is 11.4. The number of anilines is 1. The van der Waals surface area contributed by atoms with Crippen molar-refractivity contribution in [1.29, 1.82) is 0 Å². The molecule has 0 spiro atoms. The number of primary amides is 1. The van der Waals surface area contributed by atoms with Gasteiger partial charge in [-0.2, -0.15) is 0 Å². The Labute approximate surface area is 225 Å². The van der Waals surface area contributed by atoms with Crippen LogP contribution in [0.25, 0.3) is 5.76 Å². The van der Waals surface area contributed by atoms with Gasteiger partial charge < -0.3 is 46.4 Å². The summed E-state index contributed by atoms with van der Waals surface area (Å²) >= 11 is 0. The second-order valence-electron chi connectivity index (χ2n) is 11.4. The Kier molecular flexibility index (Phi) is 6.75. The lowest BCUT2D eigenvalue weighted by Gasteiger charge is -2.55. The fourth-order valence-electron chi connectivity index (χ4n) is 6.86. The molecule has 12 nitrogen and oxygen atoms in total. The van der Waals surface area contributed by atoms with Crippen molar-refractivity contribution in [1.82, 2.24) is 9.80 Å². The molecule has 1 amide bonds. The Morgan fingerprint density at radius 1 is 1.13 bits per heavy atom. The smallest absolute Gasteiger partial charge is 0.230 e. The number of aliphatic hydroxyl groups is 4. The number of Topliss-reactive ketones (excluding diaryl/α,β-unsaturated/α-hetero) is 2. The zero-order valence-corrected chi connectivity index (χ0v) is 22.0. The van der Waals surface area contributed by atoms with Crippen LogP contribution in [0.4, 0.5) is 5.69 Å². The quantitative estimate of drug-likeness (QED) is 0.174. The van der Waals surface area contributed by atoms with Gasteiger partial charge in [-0.15, -0.1) is 0 Å². The molecule has 0 aromatic heterocycles. The Balaban J connectivity index is 1.60. The number of hydrogen-bond donors (Lipinski definition) is 7. The number of likely N-dealkylation sites (tertiary alicyclic amines) is 1. The zero-order chi connectivity index (χ0) is 28.5. The van der Waals surface area contributed by atoms with Gasteiger partial charge in [0, 0.05) is 35.9 Å². The van der Waals surface area contributed by atoms with Crippen molar-refractivity contribution in [2.24, 2.45) is 23.5 Å². The molecular formula is C27H35N4O8. The average Bonchev–Trinajstić information content (AvgIpc) is 2.86. The third kappa shape index (κ3) is 3.96. The molecule has 2 saturated carbocycles. The molecule has 3 fully saturated rings. The van der Waals surface area contributed by atoms with Gasteiger partial charge in [0.25, 0.3) is 0 Å². The molecule has 7 atom stereocenters. The lowest BCUT2D eigenvalue weighted by Crippen LogP contribution is -2.76. The molecule has 1 radical (unpaired) electrons. The van der Waals surface area contributed by atoms with Crippen molar-refractivity contribution < 1.29 is 39.9 Å². The maximum absolute atomic E-state index is 13.9. The largest absolute Gasteiger partial charge is 0.507 e. The number of benzene rings is 1. The first-order chi connectivity index (χ1) is 18.3. The number of carbonyl (C=O) groups excluding carboxylic acids is 3. The summed E-state index contributed by atoms with van der Waals surface area (Å²) in [4.78, 5) is 43.1. The van der Waals surface area contributed by atoms with E-state index in [0.29, 0.717) is 11.3 Å². The zero-order valence-electron chi connectivity index (χ0n) is 22.0. The van der Waals surface area contributed by atoms with E-state index in [0.717, 1.165) is 25.9 Å². The number of hydrogen-bond acceptors (Lipinski definition) is 11. The van der Waals surface area contributed by atoms with E-state index >= 15 is 0 Å². The number of fused-ring (bicyclic) bond motifs is 3. The van der Waals surface area contributed by atoms with Crippen LogP contribution in [0.1, 0.15) is 24.0 Å². The van der Waals surface area contributed by atoms with Gasteiger partial charge in [0.2, 0.25) is 11.7 Å². The van der Waals surface area contributed by atoms with Gasteiger partial charge in [0.15, 0.2) is 11.4 Å². The van der Waals surface area contributed by atoms with E-state index in [1.165, 1.54) is 25.4 Å². The van der Waals surface area contributed by atoms with Crippen LogP contribution in [0.5, 0.6) is 5.75 Å². The number of nitrogens with zero attached hydrogens (tertiary/aromatic N) is 2. The van der Waals surface area contributed by atoms with Crippen LogP contribution in [0, 0.1) is 24.2 Å². The van der Waals surface area contributed by atoms with E-state index in [4.69, 9.17) is 5.73 Å². The van der Waals surface area contributed by atoms with E-state index in [1.807, 2.05) is 7.05 Å². The second kappa shape index (κ2) is 9.56. The molecule has 3 aliphatic carbocycles. The van der Waals surface area contributed by atoms with Crippen molar-refractivity contribution in [3.63, 3.8) is 0 Å². The van der Waals surface area contributed by atoms with E-state index in [9.17, 15) is 39.9 Å². The monoisotopic (exact) mass is 543 g/mol. The molecule has 8 N–H and O–H groups in total. The van der Waals surface area contributed by atoms with E-state index in [2.05, 4.69) is 10.2 Å². The maximum Gasteiger partial charge on any atom is 0.230 e. The summed E-state index contributed by atoms with van der Waals surface area (Å²) in [7, 11) is 5.05. The summed E-state index contributed by atoms with van der Waals surface area (Å²) in [5.41, 5.74) is 2.61. The lowest BCUT2D eigenvalue weighted by molar-refractivity contribution is -0.197. The Hall–Kier alpha value is -3.03. The highest BCUT2D eigenvalue weighted by molar-refractivity contribution is 6.25. The SMILES string of the molecule is CN1CCC(Nc2ccc3c(c2O)C(O)=C2C(=O)[C@@]4(O)C(=O)C(C(N)=O)C(O)[C@H](N(C)C)[C@H]4[C@H](O)[C@H]2[CH]3)CC1. The maximum atomic E-state index is 13.9. The Morgan fingerprint density at radius 3 is 2.36 bits per heavy atom. The van der Waals surface area contributed by atoms with Gasteiger partial charge in [-0.05, 0) is 58.7 Å². The summed E-state index contributed by atoms with van der Waals surface area (Å²) in [6.07, 6.45) is -0.123. The molecular weight excluding hydrogens is 508 g/mol. The fourth-order valence-corrected chi connectivity index (χ4v) is 6.86. The molecule has 1 saturated heterocycles. The first-order valence-electron chi connectivity index (χ1n) is 13.0. The Bertz CT molecular complexity index is 1260. The molecule has 39 heavy (non-hydrogen) atoms. The van der Waals surface area contributed by atoms with Gasteiger partial charge in [0.05, 0.1) is 23.5 Å². The predicted octanol–water partition coefficient (Wildman–Crippen LogP) is -1.38. The van der Waals surface area contributed by atoms with E-state index in [-0.39, 0.29) is 17.4 Å². The summed E-state index contributed by atoms with van der Waals surface area (Å²) in [6, 6.07) is 2.19. The average molecular weight is 544 g/mol. The molecule has 12 heteroatoms. The summed E-state index contributed by atoms with van der Waals surface area (Å²) in [5.74, 6) is -9.34. The first kappa shape index (κ1) is 27.5. The third-order valence-corrected chi connectivity index (χ3v) is 8.90. The molecule has 1 heterocycles. The standard InChI is InChI=1S/C27H35N4O8/c1-30(2)19-18-20(32)13-10-11-4-5-14(29-12-6-8-31(3)9-7-12)21(33)15(11)22(34)16(13)24(36)27(18,39)25(37)17(23(19)35)26(28)38/h4-5,10,12-13,17-20,23,29,32-35,39H,6-9H2,1-3H3,(H2,28,38)/t13-,17?,18-,19+,20+,23?,27+/m0/s1. The topological polar surface area (TPSA) is 197 Å². The van der Waals surface area contributed by atoms with Crippen LogP contribution in [0.2, 0.25) is 0 Å². The van der Waals surface area contributed by atoms with Crippen molar-refractivity contribution in [3.05, 3.63) is 35.3 Å². The number of rotatable bonds is 4. The summed E-state index contributed by atoms with van der Waals surface area (Å²) in [6.45, 7) is 1.76. The number of amides is 1. The summed E-state index contributed by atoms with van der Waals surface area (Å²) < 4.78 is 0.